The summed E-state index contributed by atoms with van der Waals surface area (Å²) in [5, 5.41) is 2.97. The van der Waals surface area contributed by atoms with Crippen molar-refractivity contribution in [3.63, 3.8) is 0 Å². The van der Waals surface area contributed by atoms with E-state index in [1.165, 1.54) is 5.56 Å². The monoisotopic (exact) mass is 342 g/mol. The number of imidazole rings is 1. The van der Waals surface area contributed by atoms with E-state index in [0.29, 0.717) is 12.4 Å². The molecular formula is C21H18N4O. The standard InChI is InChI=1S/C21H18N4O/c26-21(23-14-9-16-6-2-1-3-7-16)20-24-19(17-10-12-22-13-11-17)18-8-4-5-15-25(18)20/h1-8,10-13,15H,9,14H2,(H,23,26). The summed E-state index contributed by atoms with van der Waals surface area (Å²) < 4.78 is 1.83. The number of hydrogen-bond donors (Lipinski definition) is 1. The number of rotatable bonds is 5. The van der Waals surface area contributed by atoms with Crippen molar-refractivity contribution in [2.75, 3.05) is 6.54 Å². The van der Waals surface area contributed by atoms with Gasteiger partial charge in [0.15, 0.2) is 0 Å². The first-order valence-corrected chi connectivity index (χ1v) is 8.52. The number of fused-ring (bicyclic) bond motifs is 1. The Kier molecular flexibility index (Phi) is 4.43. The van der Waals surface area contributed by atoms with Gasteiger partial charge < -0.3 is 5.32 Å². The molecule has 26 heavy (non-hydrogen) atoms. The van der Waals surface area contributed by atoms with Crippen molar-refractivity contribution in [1.82, 2.24) is 19.7 Å². The highest BCUT2D eigenvalue weighted by atomic mass is 16.2. The van der Waals surface area contributed by atoms with Gasteiger partial charge >= 0.3 is 0 Å². The molecule has 0 unspecified atom stereocenters. The van der Waals surface area contributed by atoms with Crippen LogP contribution in [0.3, 0.4) is 0 Å². The Hall–Kier alpha value is -3.47. The normalized spacial score (nSPS) is 10.8. The van der Waals surface area contributed by atoms with Crippen LogP contribution in [-0.2, 0) is 6.42 Å². The van der Waals surface area contributed by atoms with Crippen molar-refractivity contribution in [3.05, 3.63) is 90.6 Å². The maximum atomic E-state index is 12.7. The lowest BCUT2D eigenvalue weighted by molar-refractivity contribution is 0.0943. The first kappa shape index (κ1) is 16.0. The minimum atomic E-state index is -0.178. The fourth-order valence-electron chi connectivity index (χ4n) is 2.96. The Morgan fingerprint density at radius 2 is 1.73 bits per heavy atom. The Morgan fingerprint density at radius 1 is 0.962 bits per heavy atom. The summed E-state index contributed by atoms with van der Waals surface area (Å²) in [6.07, 6.45) is 6.10. The quantitative estimate of drug-likeness (QED) is 0.605. The molecule has 1 N–H and O–H groups in total. The van der Waals surface area contributed by atoms with Crippen molar-refractivity contribution < 1.29 is 4.79 Å². The van der Waals surface area contributed by atoms with Gasteiger partial charge in [0.25, 0.3) is 5.91 Å². The summed E-state index contributed by atoms with van der Waals surface area (Å²) in [5.74, 6) is 0.211. The topological polar surface area (TPSA) is 59.3 Å². The lowest BCUT2D eigenvalue weighted by atomic mass is 10.1. The summed E-state index contributed by atoms with van der Waals surface area (Å²) in [6, 6.07) is 19.7. The van der Waals surface area contributed by atoms with Gasteiger partial charge in [0.1, 0.15) is 0 Å². The van der Waals surface area contributed by atoms with E-state index in [1.54, 1.807) is 12.4 Å². The first-order valence-electron chi connectivity index (χ1n) is 8.52. The number of carbonyl (C=O) groups is 1. The molecular weight excluding hydrogens is 324 g/mol. The second kappa shape index (κ2) is 7.19. The highest BCUT2D eigenvalue weighted by Gasteiger charge is 2.17. The van der Waals surface area contributed by atoms with Gasteiger partial charge in [-0.25, -0.2) is 4.98 Å². The number of nitrogens with zero attached hydrogens (tertiary/aromatic N) is 3. The molecule has 1 aromatic carbocycles. The fraction of sp³-hybridized carbons (Fsp3) is 0.0952. The Balaban J connectivity index is 1.59. The maximum Gasteiger partial charge on any atom is 0.287 e. The molecule has 4 rings (SSSR count). The van der Waals surface area contributed by atoms with Crippen molar-refractivity contribution in [1.29, 1.82) is 0 Å². The average molecular weight is 342 g/mol. The summed E-state index contributed by atoms with van der Waals surface area (Å²) in [5.41, 5.74) is 3.80. The molecule has 0 aliphatic carbocycles. The van der Waals surface area contributed by atoms with Crippen LogP contribution in [0.1, 0.15) is 16.2 Å². The molecule has 1 amide bonds. The van der Waals surface area contributed by atoms with Gasteiger partial charge in [-0.2, -0.15) is 0 Å². The second-order valence-corrected chi connectivity index (χ2v) is 5.97. The largest absolute Gasteiger partial charge is 0.349 e. The minimum Gasteiger partial charge on any atom is -0.349 e. The Bertz CT molecular complexity index is 1030. The van der Waals surface area contributed by atoms with E-state index in [2.05, 4.69) is 27.4 Å². The first-order chi connectivity index (χ1) is 12.8. The average Bonchev–Trinajstić information content (AvgIpc) is 3.09. The van der Waals surface area contributed by atoms with Gasteiger partial charge in [0, 0.05) is 30.7 Å². The van der Waals surface area contributed by atoms with E-state index in [9.17, 15) is 4.79 Å². The summed E-state index contributed by atoms with van der Waals surface area (Å²) in [7, 11) is 0. The van der Waals surface area contributed by atoms with Gasteiger partial charge in [-0.15, -0.1) is 0 Å². The van der Waals surface area contributed by atoms with Gasteiger partial charge in [-0.3, -0.25) is 14.2 Å². The van der Waals surface area contributed by atoms with E-state index >= 15 is 0 Å². The van der Waals surface area contributed by atoms with Crippen molar-refractivity contribution >= 4 is 11.4 Å². The third kappa shape index (κ3) is 3.19. The van der Waals surface area contributed by atoms with E-state index in [4.69, 9.17) is 0 Å². The number of nitrogens with one attached hydrogen (secondary N) is 1. The van der Waals surface area contributed by atoms with Crippen LogP contribution in [0.15, 0.2) is 79.3 Å². The molecule has 0 aliphatic rings. The zero-order valence-corrected chi connectivity index (χ0v) is 14.2. The van der Waals surface area contributed by atoms with E-state index in [-0.39, 0.29) is 5.91 Å². The Morgan fingerprint density at radius 3 is 2.54 bits per heavy atom. The van der Waals surface area contributed by atoms with Crippen LogP contribution < -0.4 is 5.32 Å². The van der Waals surface area contributed by atoms with E-state index in [1.807, 2.05) is 59.1 Å². The number of hydrogen-bond acceptors (Lipinski definition) is 3. The van der Waals surface area contributed by atoms with Crippen molar-refractivity contribution in [2.45, 2.75) is 6.42 Å². The fourth-order valence-corrected chi connectivity index (χ4v) is 2.96. The van der Waals surface area contributed by atoms with Gasteiger partial charge in [0.2, 0.25) is 5.82 Å². The molecule has 0 bridgehead atoms. The van der Waals surface area contributed by atoms with Gasteiger partial charge in [-0.1, -0.05) is 36.4 Å². The highest BCUT2D eigenvalue weighted by Crippen LogP contribution is 2.24. The van der Waals surface area contributed by atoms with Crippen molar-refractivity contribution in [3.8, 4) is 11.3 Å². The molecule has 4 aromatic rings. The Labute approximate surface area is 151 Å². The zero-order chi connectivity index (χ0) is 17.8. The molecule has 0 atom stereocenters. The molecule has 5 heteroatoms. The smallest absolute Gasteiger partial charge is 0.287 e. The predicted octanol–water partition coefficient (Wildman–Crippen LogP) is 3.37. The van der Waals surface area contributed by atoms with Crippen LogP contribution in [0.25, 0.3) is 16.8 Å². The number of pyridine rings is 2. The molecule has 0 aliphatic heterocycles. The van der Waals surface area contributed by atoms with Crippen molar-refractivity contribution in [2.24, 2.45) is 0 Å². The number of amides is 1. The van der Waals surface area contributed by atoms with Crippen LogP contribution in [0, 0.1) is 0 Å². The third-order valence-corrected chi connectivity index (χ3v) is 4.25. The zero-order valence-electron chi connectivity index (χ0n) is 14.2. The maximum absolute atomic E-state index is 12.7. The van der Waals surface area contributed by atoms with E-state index < -0.39 is 0 Å². The van der Waals surface area contributed by atoms with Crippen LogP contribution in [0.5, 0.6) is 0 Å². The predicted molar refractivity (Wildman–Crippen MR) is 101 cm³/mol. The minimum absolute atomic E-state index is 0.178. The second-order valence-electron chi connectivity index (χ2n) is 5.97. The van der Waals surface area contributed by atoms with Crippen LogP contribution in [0.4, 0.5) is 0 Å². The molecule has 128 valence electrons. The molecule has 3 aromatic heterocycles. The lowest BCUT2D eigenvalue weighted by Crippen LogP contribution is -2.27. The molecule has 0 fully saturated rings. The molecule has 0 spiro atoms. The highest BCUT2D eigenvalue weighted by molar-refractivity contribution is 5.94. The van der Waals surface area contributed by atoms with Gasteiger partial charge in [0.05, 0.1) is 11.2 Å². The summed E-state index contributed by atoms with van der Waals surface area (Å²) >= 11 is 0. The van der Waals surface area contributed by atoms with Crippen LogP contribution in [0.2, 0.25) is 0 Å². The molecule has 5 nitrogen and oxygen atoms in total. The van der Waals surface area contributed by atoms with E-state index in [0.717, 1.165) is 23.2 Å². The third-order valence-electron chi connectivity index (χ3n) is 4.25. The number of carbonyl (C=O) groups excluding carboxylic acids is 1. The number of aromatic nitrogens is 3. The number of benzene rings is 1. The van der Waals surface area contributed by atoms with Crippen LogP contribution >= 0.6 is 0 Å². The lowest BCUT2D eigenvalue weighted by Gasteiger charge is -2.04. The molecule has 0 saturated carbocycles. The molecule has 3 heterocycles. The van der Waals surface area contributed by atoms with Crippen LogP contribution in [-0.4, -0.2) is 26.8 Å². The summed E-state index contributed by atoms with van der Waals surface area (Å²) in [4.78, 5) is 21.3. The SMILES string of the molecule is O=C(NCCc1ccccc1)c1nc(-c2ccncc2)c2ccccn12. The molecule has 0 radical (unpaired) electrons. The van der Waals surface area contributed by atoms with Gasteiger partial charge in [-0.05, 0) is 36.2 Å². The molecule has 0 saturated heterocycles. The summed E-state index contributed by atoms with van der Waals surface area (Å²) in [6.45, 7) is 0.565.